The summed E-state index contributed by atoms with van der Waals surface area (Å²) < 4.78 is 28.0. The van der Waals surface area contributed by atoms with Crippen molar-refractivity contribution in [2.24, 2.45) is 0 Å². The van der Waals surface area contributed by atoms with Crippen LogP contribution in [0.2, 0.25) is 5.02 Å². The zero-order valence-electron chi connectivity index (χ0n) is 16.1. The molecule has 1 amide bonds. The lowest BCUT2D eigenvalue weighted by atomic mass is 10.1. The summed E-state index contributed by atoms with van der Waals surface area (Å²) in [5.74, 6) is -0.441. The minimum atomic E-state index is -3.86. The number of hydrogen-bond acceptors (Lipinski definition) is 3. The molecule has 0 fully saturated rings. The van der Waals surface area contributed by atoms with Gasteiger partial charge in [0.1, 0.15) is 0 Å². The maximum Gasteiger partial charge on any atom is 0.261 e. The van der Waals surface area contributed by atoms with E-state index in [-0.39, 0.29) is 15.5 Å². The van der Waals surface area contributed by atoms with Crippen LogP contribution in [0, 0.1) is 13.8 Å². The van der Waals surface area contributed by atoms with E-state index in [1.165, 1.54) is 18.2 Å². The Morgan fingerprint density at radius 2 is 1.66 bits per heavy atom. The van der Waals surface area contributed by atoms with Crippen LogP contribution in [0.25, 0.3) is 0 Å². The number of hydrogen-bond donors (Lipinski definition) is 2. The van der Waals surface area contributed by atoms with Gasteiger partial charge in [0.05, 0.1) is 15.5 Å². The van der Waals surface area contributed by atoms with Crippen molar-refractivity contribution >= 4 is 33.2 Å². The van der Waals surface area contributed by atoms with Gasteiger partial charge in [-0.3, -0.25) is 9.52 Å². The number of sulfonamides is 1. The fraction of sp³-hybridized carbons (Fsp3) is 0.136. The van der Waals surface area contributed by atoms with E-state index in [1.54, 1.807) is 18.2 Å². The van der Waals surface area contributed by atoms with Crippen molar-refractivity contribution in [1.29, 1.82) is 0 Å². The molecule has 7 heteroatoms. The molecule has 0 atom stereocenters. The molecule has 0 bridgehead atoms. The second-order valence-corrected chi connectivity index (χ2v) is 8.87. The molecule has 29 heavy (non-hydrogen) atoms. The van der Waals surface area contributed by atoms with Crippen molar-refractivity contribution in [3.05, 3.63) is 94.0 Å². The highest BCUT2D eigenvalue weighted by atomic mass is 35.5. The van der Waals surface area contributed by atoms with Crippen molar-refractivity contribution in [2.75, 3.05) is 4.72 Å². The Balaban J connectivity index is 1.79. The minimum Gasteiger partial charge on any atom is -0.348 e. The number of carbonyl (C=O) groups excluding carboxylic acids is 1. The predicted molar refractivity (Wildman–Crippen MR) is 116 cm³/mol. The molecule has 3 aromatic carbocycles. The lowest BCUT2D eigenvalue weighted by molar-refractivity contribution is 0.0951. The van der Waals surface area contributed by atoms with Crippen LogP contribution in [0.5, 0.6) is 0 Å². The topological polar surface area (TPSA) is 75.3 Å². The van der Waals surface area contributed by atoms with E-state index in [0.717, 1.165) is 16.7 Å². The Hall–Kier alpha value is -2.83. The van der Waals surface area contributed by atoms with Crippen LogP contribution in [0.15, 0.2) is 71.6 Å². The second kappa shape index (κ2) is 8.68. The average molecular weight is 429 g/mol. The molecule has 3 rings (SSSR count). The lowest BCUT2D eigenvalue weighted by Gasteiger charge is -2.11. The highest BCUT2D eigenvalue weighted by Gasteiger charge is 2.19. The van der Waals surface area contributed by atoms with Gasteiger partial charge >= 0.3 is 0 Å². The van der Waals surface area contributed by atoms with E-state index < -0.39 is 15.9 Å². The quantitative estimate of drug-likeness (QED) is 0.598. The molecule has 0 aliphatic carbocycles. The summed E-state index contributed by atoms with van der Waals surface area (Å²) in [6, 6.07) is 18.8. The van der Waals surface area contributed by atoms with Crippen molar-refractivity contribution in [2.45, 2.75) is 25.3 Å². The van der Waals surface area contributed by atoms with E-state index in [4.69, 9.17) is 11.6 Å². The largest absolute Gasteiger partial charge is 0.348 e. The van der Waals surface area contributed by atoms with Gasteiger partial charge in [-0.2, -0.15) is 0 Å². The van der Waals surface area contributed by atoms with E-state index in [0.29, 0.717) is 12.2 Å². The summed E-state index contributed by atoms with van der Waals surface area (Å²) >= 11 is 6.15. The van der Waals surface area contributed by atoms with Gasteiger partial charge in [0.2, 0.25) is 0 Å². The van der Waals surface area contributed by atoms with Crippen LogP contribution in [0.3, 0.4) is 0 Å². The van der Waals surface area contributed by atoms with E-state index in [1.807, 2.05) is 44.2 Å². The Labute approximate surface area is 175 Å². The number of anilines is 1. The molecule has 0 saturated heterocycles. The third-order valence-corrected chi connectivity index (χ3v) is 6.05. The predicted octanol–water partition coefficient (Wildman–Crippen LogP) is 4.69. The summed E-state index contributed by atoms with van der Waals surface area (Å²) in [7, 11) is -3.86. The molecule has 2 N–H and O–H groups in total. The Bertz CT molecular complexity index is 1140. The van der Waals surface area contributed by atoms with Gasteiger partial charge in [0, 0.05) is 12.2 Å². The maximum atomic E-state index is 12.7. The Morgan fingerprint density at radius 1 is 0.931 bits per heavy atom. The SMILES string of the molecule is Cc1ccc(CNC(=O)c2cc(S(=O)(=O)Nc3cccc(C)c3)ccc2Cl)cc1. The summed E-state index contributed by atoms with van der Waals surface area (Å²) in [6.07, 6.45) is 0. The molecule has 3 aromatic rings. The zero-order chi connectivity index (χ0) is 21.0. The van der Waals surface area contributed by atoms with E-state index in [9.17, 15) is 13.2 Å². The number of amides is 1. The summed E-state index contributed by atoms with van der Waals surface area (Å²) in [6.45, 7) is 4.17. The third-order valence-electron chi connectivity index (χ3n) is 4.34. The first-order chi connectivity index (χ1) is 13.7. The van der Waals surface area contributed by atoms with E-state index >= 15 is 0 Å². The Morgan fingerprint density at radius 3 is 2.34 bits per heavy atom. The molecule has 150 valence electrons. The smallest absolute Gasteiger partial charge is 0.261 e. The second-order valence-electron chi connectivity index (χ2n) is 6.78. The summed E-state index contributed by atoms with van der Waals surface area (Å²) in [5, 5.41) is 2.95. The normalized spacial score (nSPS) is 11.1. The Kier molecular flexibility index (Phi) is 6.25. The minimum absolute atomic E-state index is 0.0381. The van der Waals surface area contributed by atoms with Crippen LogP contribution in [-0.2, 0) is 16.6 Å². The maximum absolute atomic E-state index is 12.7. The molecule has 0 aliphatic heterocycles. The molecular formula is C22H21ClN2O3S. The number of rotatable bonds is 6. The number of nitrogens with one attached hydrogen (secondary N) is 2. The molecule has 0 spiro atoms. The van der Waals surface area contributed by atoms with Gasteiger partial charge in [-0.15, -0.1) is 0 Å². The van der Waals surface area contributed by atoms with Gasteiger partial charge in [0.15, 0.2) is 0 Å². The van der Waals surface area contributed by atoms with Crippen LogP contribution >= 0.6 is 11.6 Å². The van der Waals surface area contributed by atoms with Crippen LogP contribution in [0.4, 0.5) is 5.69 Å². The van der Waals surface area contributed by atoms with Crippen molar-refractivity contribution < 1.29 is 13.2 Å². The molecule has 0 aliphatic rings. The standard InChI is InChI=1S/C22H21ClN2O3S/c1-15-6-8-17(9-7-15)14-24-22(26)20-13-19(10-11-21(20)23)29(27,28)25-18-5-3-4-16(2)12-18/h3-13,25H,14H2,1-2H3,(H,24,26). The highest BCUT2D eigenvalue weighted by molar-refractivity contribution is 7.92. The highest BCUT2D eigenvalue weighted by Crippen LogP contribution is 2.23. The number of aryl methyl sites for hydroxylation is 2. The van der Waals surface area contributed by atoms with Gasteiger partial charge < -0.3 is 5.32 Å². The molecule has 0 saturated carbocycles. The fourth-order valence-corrected chi connectivity index (χ4v) is 4.03. The van der Waals surface area contributed by atoms with Gasteiger partial charge in [-0.1, -0.05) is 53.6 Å². The molecule has 0 radical (unpaired) electrons. The monoisotopic (exact) mass is 428 g/mol. The van der Waals surface area contributed by atoms with Crippen LogP contribution < -0.4 is 10.0 Å². The van der Waals surface area contributed by atoms with Crippen molar-refractivity contribution in [1.82, 2.24) is 5.32 Å². The zero-order valence-corrected chi connectivity index (χ0v) is 17.6. The number of carbonyl (C=O) groups is 1. The van der Waals surface area contributed by atoms with Gasteiger partial charge in [-0.25, -0.2) is 8.42 Å². The summed E-state index contributed by atoms with van der Waals surface area (Å²) in [4.78, 5) is 12.5. The number of benzene rings is 3. The molecule has 0 aromatic heterocycles. The average Bonchev–Trinajstić information content (AvgIpc) is 2.67. The molecule has 0 heterocycles. The van der Waals surface area contributed by atoms with E-state index in [2.05, 4.69) is 10.0 Å². The lowest BCUT2D eigenvalue weighted by Crippen LogP contribution is -2.23. The fourth-order valence-electron chi connectivity index (χ4n) is 2.75. The number of halogens is 1. The van der Waals surface area contributed by atoms with Crippen LogP contribution in [-0.4, -0.2) is 14.3 Å². The van der Waals surface area contributed by atoms with Crippen molar-refractivity contribution in [3.8, 4) is 0 Å². The van der Waals surface area contributed by atoms with Gasteiger partial charge in [-0.05, 0) is 55.3 Å². The molecule has 0 unspecified atom stereocenters. The first kappa shape index (κ1) is 20.9. The first-order valence-corrected chi connectivity index (χ1v) is 10.8. The van der Waals surface area contributed by atoms with Crippen molar-refractivity contribution in [3.63, 3.8) is 0 Å². The third kappa shape index (κ3) is 5.37. The molecular weight excluding hydrogens is 408 g/mol. The van der Waals surface area contributed by atoms with Gasteiger partial charge in [0.25, 0.3) is 15.9 Å². The van der Waals surface area contributed by atoms with Crippen LogP contribution in [0.1, 0.15) is 27.0 Å². The molecule has 5 nitrogen and oxygen atoms in total. The summed E-state index contributed by atoms with van der Waals surface area (Å²) in [5.41, 5.74) is 3.54. The first-order valence-electron chi connectivity index (χ1n) is 8.97.